The molecule has 0 amide bonds. The van der Waals surface area contributed by atoms with Gasteiger partial charge in [0.2, 0.25) is 5.03 Å². The van der Waals surface area contributed by atoms with E-state index in [1.807, 2.05) is 0 Å². The average Bonchev–Trinajstić information content (AvgIpc) is 2.23. The minimum absolute atomic E-state index is 0.169. The van der Waals surface area contributed by atoms with Crippen LogP contribution in [0, 0.1) is 0 Å². The summed E-state index contributed by atoms with van der Waals surface area (Å²) in [5.74, 6) is -1.69. The molecule has 1 aromatic heterocycles. The predicted molar refractivity (Wildman–Crippen MR) is 56.9 cm³/mol. The van der Waals surface area contributed by atoms with E-state index < -0.39 is 50.2 Å². The monoisotopic (exact) mass is 358 g/mol. The predicted octanol–water partition coefficient (Wildman–Crippen LogP) is 2.39. The molecule has 13 heteroatoms. The maximum absolute atomic E-state index is 12.7. The molecule has 0 aliphatic carbocycles. The smallest absolute Gasteiger partial charge is 0.403 e. The van der Waals surface area contributed by atoms with Gasteiger partial charge >= 0.3 is 12.5 Å². The maximum Gasteiger partial charge on any atom is 0.573 e. The van der Waals surface area contributed by atoms with Crippen LogP contribution >= 0.6 is 10.7 Å². The van der Waals surface area contributed by atoms with E-state index in [0.717, 1.165) is 0 Å². The van der Waals surface area contributed by atoms with Crippen LogP contribution in [-0.2, 0) is 21.8 Å². The van der Waals surface area contributed by atoms with Crippen molar-refractivity contribution in [1.82, 2.24) is 4.98 Å². The van der Waals surface area contributed by atoms with Crippen LogP contribution < -0.4 is 10.5 Å². The highest BCUT2D eigenvalue weighted by Gasteiger charge is 2.40. The largest absolute Gasteiger partial charge is 0.573 e. The van der Waals surface area contributed by atoms with Gasteiger partial charge in [0.05, 0.1) is 11.3 Å². The molecule has 1 heterocycles. The highest BCUT2D eigenvalue weighted by molar-refractivity contribution is 8.13. The fourth-order valence-electron chi connectivity index (χ4n) is 1.29. The summed E-state index contributed by atoms with van der Waals surface area (Å²) in [5, 5.41) is -1.50. The third kappa shape index (κ3) is 4.61. The standard InChI is InChI=1S/C8H5ClF6N2O3S/c9-21(18,19)6-5(20-8(13,14)15)1-3(7(10,11)12)4(2-16)17-6/h1H,2,16H2. The van der Waals surface area contributed by atoms with Crippen molar-refractivity contribution < 1.29 is 39.5 Å². The molecule has 0 saturated carbocycles. The number of alkyl halides is 6. The van der Waals surface area contributed by atoms with Gasteiger partial charge in [-0.1, -0.05) is 0 Å². The normalized spacial score (nSPS) is 13.3. The molecule has 0 aliphatic heterocycles. The van der Waals surface area contributed by atoms with Gasteiger partial charge in [-0.2, -0.15) is 13.2 Å². The van der Waals surface area contributed by atoms with Crippen LogP contribution in [0.25, 0.3) is 0 Å². The van der Waals surface area contributed by atoms with Crippen molar-refractivity contribution in [3.05, 3.63) is 17.3 Å². The summed E-state index contributed by atoms with van der Waals surface area (Å²) in [6, 6.07) is -0.169. The molecule has 0 atom stereocenters. The zero-order valence-electron chi connectivity index (χ0n) is 9.59. The van der Waals surface area contributed by atoms with Crippen molar-refractivity contribution in [3.63, 3.8) is 0 Å². The van der Waals surface area contributed by atoms with E-state index in [4.69, 9.17) is 16.4 Å². The van der Waals surface area contributed by atoms with Crippen LogP contribution in [0.5, 0.6) is 5.75 Å². The molecule has 1 rings (SSSR count). The van der Waals surface area contributed by atoms with Gasteiger partial charge in [0.25, 0.3) is 9.05 Å². The lowest BCUT2D eigenvalue weighted by Gasteiger charge is -2.16. The number of hydrogen-bond acceptors (Lipinski definition) is 5. The Labute approximate surface area is 118 Å². The second-order valence-corrected chi connectivity index (χ2v) is 5.95. The van der Waals surface area contributed by atoms with Gasteiger partial charge in [-0.3, -0.25) is 0 Å². The Bertz CT molecular complexity index is 643. The van der Waals surface area contributed by atoms with Crippen LogP contribution in [-0.4, -0.2) is 19.8 Å². The van der Waals surface area contributed by atoms with E-state index in [-0.39, 0.29) is 6.07 Å². The molecule has 0 aromatic carbocycles. The first-order chi connectivity index (χ1) is 9.25. The van der Waals surface area contributed by atoms with Crippen molar-refractivity contribution in [3.8, 4) is 5.75 Å². The molecular formula is C8H5ClF6N2O3S. The van der Waals surface area contributed by atoms with Crippen molar-refractivity contribution in [2.24, 2.45) is 5.73 Å². The molecule has 0 bridgehead atoms. The Morgan fingerprint density at radius 1 is 1.24 bits per heavy atom. The SMILES string of the molecule is NCc1nc(S(=O)(=O)Cl)c(OC(F)(F)F)cc1C(F)(F)F. The topological polar surface area (TPSA) is 82.3 Å². The van der Waals surface area contributed by atoms with E-state index in [9.17, 15) is 34.8 Å². The summed E-state index contributed by atoms with van der Waals surface area (Å²) in [7, 11) is -0.0591. The van der Waals surface area contributed by atoms with Gasteiger partial charge in [-0.25, -0.2) is 13.4 Å². The molecule has 120 valence electrons. The van der Waals surface area contributed by atoms with E-state index in [1.165, 1.54) is 0 Å². The van der Waals surface area contributed by atoms with Crippen molar-refractivity contribution >= 4 is 19.7 Å². The highest BCUT2D eigenvalue weighted by atomic mass is 35.7. The van der Waals surface area contributed by atoms with Crippen molar-refractivity contribution in [2.75, 3.05) is 0 Å². The lowest BCUT2D eigenvalue weighted by molar-refractivity contribution is -0.276. The zero-order valence-corrected chi connectivity index (χ0v) is 11.2. The minimum Gasteiger partial charge on any atom is -0.403 e. The number of ether oxygens (including phenoxy) is 1. The lowest BCUT2D eigenvalue weighted by Crippen LogP contribution is -2.22. The van der Waals surface area contributed by atoms with Crippen LogP contribution in [0.2, 0.25) is 0 Å². The number of pyridine rings is 1. The fraction of sp³-hybridized carbons (Fsp3) is 0.375. The number of nitrogens with two attached hydrogens (primary N) is 1. The molecule has 2 N–H and O–H groups in total. The fourth-order valence-corrected chi connectivity index (χ4v) is 2.18. The zero-order chi connectivity index (χ0) is 16.6. The third-order valence-electron chi connectivity index (χ3n) is 1.99. The van der Waals surface area contributed by atoms with Crippen molar-refractivity contribution in [1.29, 1.82) is 0 Å². The summed E-state index contributed by atoms with van der Waals surface area (Å²) in [5.41, 5.74) is 2.32. The first kappa shape index (κ1) is 17.8. The third-order valence-corrected chi connectivity index (χ3v) is 3.18. The van der Waals surface area contributed by atoms with E-state index >= 15 is 0 Å². The molecule has 0 saturated heterocycles. The summed E-state index contributed by atoms with van der Waals surface area (Å²) in [6.45, 7) is -0.874. The lowest BCUT2D eigenvalue weighted by atomic mass is 10.2. The van der Waals surface area contributed by atoms with E-state index in [1.54, 1.807) is 0 Å². The van der Waals surface area contributed by atoms with E-state index in [0.29, 0.717) is 0 Å². The van der Waals surface area contributed by atoms with E-state index in [2.05, 4.69) is 9.72 Å². The van der Waals surface area contributed by atoms with Crippen LogP contribution in [0.1, 0.15) is 11.3 Å². The maximum atomic E-state index is 12.7. The van der Waals surface area contributed by atoms with Gasteiger partial charge < -0.3 is 10.5 Å². The Balaban J connectivity index is 3.66. The van der Waals surface area contributed by atoms with Crippen LogP contribution in [0.3, 0.4) is 0 Å². The first-order valence-corrected chi connectivity index (χ1v) is 7.08. The molecule has 0 fully saturated rings. The first-order valence-electron chi connectivity index (χ1n) is 4.77. The van der Waals surface area contributed by atoms with Crippen LogP contribution in [0.4, 0.5) is 26.3 Å². The van der Waals surface area contributed by atoms with Gasteiger partial charge in [0, 0.05) is 17.2 Å². The second-order valence-electron chi connectivity index (χ2n) is 3.47. The Hall–Kier alpha value is -1.27. The average molecular weight is 359 g/mol. The van der Waals surface area contributed by atoms with Gasteiger partial charge in [-0.15, -0.1) is 13.2 Å². The highest BCUT2D eigenvalue weighted by Crippen LogP contribution is 2.38. The van der Waals surface area contributed by atoms with Gasteiger partial charge in [0.15, 0.2) is 5.75 Å². The molecule has 0 radical (unpaired) electrons. The van der Waals surface area contributed by atoms with Crippen molar-refractivity contribution in [2.45, 2.75) is 24.1 Å². The molecular weight excluding hydrogens is 354 g/mol. The summed E-state index contributed by atoms with van der Waals surface area (Å²) < 4.78 is 99.8. The molecule has 1 aromatic rings. The minimum atomic E-state index is -5.44. The Kier molecular flexibility index (Phi) is 4.65. The molecule has 0 aliphatic rings. The van der Waals surface area contributed by atoms with Gasteiger partial charge in [0.1, 0.15) is 0 Å². The Morgan fingerprint density at radius 3 is 2.10 bits per heavy atom. The quantitative estimate of drug-likeness (QED) is 0.662. The van der Waals surface area contributed by atoms with Crippen LogP contribution in [0.15, 0.2) is 11.1 Å². The Morgan fingerprint density at radius 2 is 1.76 bits per heavy atom. The molecule has 5 nitrogen and oxygen atoms in total. The summed E-state index contributed by atoms with van der Waals surface area (Å²) >= 11 is 0. The summed E-state index contributed by atoms with van der Waals surface area (Å²) in [6.07, 6.45) is -10.6. The number of halogens is 7. The number of rotatable bonds is 3. The number of aromatic nitrogens is 1. The molecule has 0 spiro atoms. The molecule has 21 heavy (non-hydrogen) atoms. The van der Waals surface area contributed by atoms with Gasteiger partial charge in [-0.05, 0) is 6.07 Å². The number of nitrogens with zero attached hydrogens (tertiary/aromatic N) is 1. The number of hydrogen-bond donors (Lipinski definition) is 1. The summed E-state index contributed by atoms with van der Waals surface area (Å²) in [4.78, 5) is 2.92. The molecule has 0 unspecified atom stereocenters. The second kappa shape index (κ2) is 5.50.